The molecule has 4 nitrogen and oxygen atoms in total. The lowest BCUT2D eigenvalue weighted by molar-refractivity contribution is -0.217. The summed E-state index contributed by atoms with van der Waals surface area (Å²) < 4.78 is 45.2. The van der Waals surface area contributed by atoms with Gasteiger partial charge >= 0.3 is 6.18 Å². The Morgan fingerprint density at radius 1 is 1.31 bits per heavy atom. The van der Waals surface area contributed by atoms with Gasteiger partial charge in [-0.1, -0.05) is 22.0 Å². The molecule has 1 aliphatic heterocycles. The van der Waals surface area contributed by atoms with Gasteiger partial charge in [-0.05, 0) is 38.5 Å². The second kappa shape index (κ2) is 8.03. The number of hydroxylamine groups is 2. The maximum absolute atomic E-state index is 13.2. The van der Waals surface area contributed by atoms with E-state index in [9.17, 15) is 18.0 Å². The molecule has 1 saturated heterocycles. The molecule has 8 heteroatoms. The Bertz CT molecular complexity index is 694. The zero-order chi connectivity index (χ0) is 19.5. The molecule has 1 unspecified atom stereocenters. The van der Waals surface area contributed by atoms with E-state index in [1.807, 2.05) is 26.7 Å². The average molecular weight is 436 g/mol. The molecule has 0 aromatic heterocycles. The number of alkyl halides is 4. The van der Waals surface area contributed by atoms with Crippen molar-refractivity contribution in [2.45, 2.75) is 56.8 Å². The molecule has 2 rings (SSSR count). The van der Waals surface area contributed by atoms with E-state index in [4.69, 9.17) is 9.57 Å². The summed E-state index contributed by atoms with van der Waals surface area (Å²) in [7, 11) is 0. The number of halogens is 4. The predicted molar refractivity (Wildman–Crippen MR) is 94.5 cm³/mol. The summed E-state index contributed by atoms with van der Waals surface area (Å²) in [5, 5.41) is 1.59. The Morgan fingerprint density at radius 2 is 2.00 bits per heavy atom. The minimum atomic E-state index is -4.46. The Balaban J connectivity index is 2.12. The summed E-state index contributed by atoms with van der Waals surface area (Å²) in [5.41, 5.74) is -0.759. The highest BCUT2D eigenvalue weighted by atomic mass is 79.9. The molecule has 0 spiro atoms. The van der Waals surface area contributed by atoms with Gasteiger partial charge in [-0.2, -0.15) is 13.2 Å². The Kier molecular flexibility index (Phi) is 6.42. The first-order valence-electron chi connectivity index (χ1n) is 8.17. The molecule has 1 heterocycles. The second-order valence-electron chi connectivity index (χ2n) is 7.04. The highest BCUT2D eigenvalue weighted by Crippen LogP contribution is 2.36. The van der Waals surface area contributed by atoms with Gasteiger partial charge in [0.2, 0.25) is 0 Å². The maximum Gasteiger partial charge on any atom is 0.416 e. The fourth-order valence-corrected chi connectivity index (χ4v) is 3.13. The van der Waals surface area contributed by atoms with Crippen molar-refractivity contribution in [3.63, 3.8) is 0 Å². The first-order valence-corrected chi connectivity index (χ1v) is 9.29. The minimum absolute atomic E-state index is 0.0999. The van der Waals surface area contributed by atoms with Crippen molar-refractivity contribution < 1.29 is 27.5 Å². The van der Waals surface area contributed by atoms with Gasteiger partial charge in [0, 0.05) is 24.7 Å². The van der Waals surface area contributed by atoms with Gasteiger partial charge in [-0.3, -0.25) is 4.84 Å². The molecule has 1 fully saturated rings. The van der Waals surface area contributed by atoms with Gasteiger partial charge in [0.25, 0.3) is 0 Å². The Morgan fingerprint density at radius 3 is 2.54 bits per heavy atom. The predicted octanol–water partition coefficient (Wildman–Crippen LogP) is 4.89. The van der Waals surface area contributed by atoms with Gasteiger partial charge in [0.05, 0.1) is 11.2 Å². The lowest BCUT2D eigenvalue weighted by Gasteiger charge is -2.36. The van der Waals surface area contributed by atoms with E-state index in [-0.39, 0.29) is 23.1 Å². The van der Waals surface area contributed by atoms with Gasteiger partial charge in [0.1, 0.15) is 23.5 Å². The van der Waals surface area contributed by atoms with Crippen LogP contribution in [0.4, 0.5) is 13.2 Å². The molecule has 26 heavy (non-hydrogen) atoms. The molecule has 0 saturated carbocycles. The molecule has 0 amide bonds. The number of benzene rings is 1. The monoisotopic (exact) mass is 435 g/mol. The van der Waals surface area contributed by atoms with Crippen molar-refractivity contribution in [2.75, 3.05) is 6.54 Å². The Hall–Kier alpha value is -1.50. The van der Waals surface area contributed by atoms with E-state index in [1.165, 1.54) is 17.2 Å². The van der Waals surface area contributed by atoms with Crippen molar-refractivity contribution in [2.24, 2.45) is 0 Å². The highest BCUT2D eigenvalue weighted by molar-refractivity contribution is 9.08. The number of hydrogen-bond donors (Lipinski definition) is 0. The van der Waals surface area contributed by atoms with E-state index < -0.39 is 23.4 Å². The van der Waals surface area contributed by atoms with E-state index in [0.29, 0.717) is 18.7 Å². The Labute approximate surface area is 159 Å². The van der Waals surface area contributed by atoms with Gasteiger partial charge in [0.15, 0.2) is 0 Å². The van der Waals surface area contributed by atoms with Gasteiger partial charge < -0.3 is 4.74 Å². The van der Waals surface area contributed by atoms with Crippen LogP contribution < -0.4 is 4.74 Å². The molecule has 0 radical (unpaired) electrons. The summed E-state index contributed by atoms with van der Waals surface area (Å²) in [6, 6.07) is 3.90. The molecular formula is C18H21BrF3NO3. The van der Waals surface area contributed by atoms with E-state index >= 15 is 0 Å². The standard InChI is InChI=1S/C18H21BrF3NO3/c1-17(2,3)26-23-7-6-15(8-13(23)11-24)25-14-5-4-12(10-19)16(9-14)18(20,21)22/h4-5,9,15H,6-8,10H2,1-3H3. The van der Waals surface area contributed by atoms with E-state index in [0.717, 1.165) is 6.07 Å². The van der Waals surface area contributed by atoms with E-state index in [2.05, 4.69) is 15.9 Å². The largest absolute Gasteiger partial charge is 0.490 e. The first kappa shape index (κ1) is 20.8. The van der Waals surface area contributed by atoms with Crippen molar-refractivity contribution in [1.82, 2.24) is 5.06 Å². The zero-order valence-electron chi connectivity index (χ0n) is 14.8. The summed E-state index contributed by atoms with van der Waals surface area (Å²) in [6.07, 6.45) is -4.13. The van der Waals surface area contributed by atoms with Crippen molar-refractivity contribution in [1.29, 1.82) is 0 Å². The lowest BCUT2D eigenvalue weighted by Crippen LogP contribution is -2.41. The third kappa shape index (κ3) is 5.50. The van der Waals surface area contributed by atoms with Crippen LogP contribution in [0.25, 0.3) is 0 Å². The van der Waals surface area contributed by atoms with Crippen LogP contribution in [0.15, 0.2) is 23.9 Å². The normalized spacial score (nSPS) is 18.7. The smallest absolute Gasteiger partial charge is 0.416 e. The molecule has 0 N–H and O–H groups in total. The molecular weight excluding hydrogens is 415 g/mol. The second-order valence-corrected chi connectivity index (χ2v) is 7.60. The molecule has 1 aromatic carbocycles. The lowest BCUT2D eigenvalue weighted by atomic mass is 10.1. The fourth-order valence-electron chi connectivity index (χ4n) is 2.64. The molecule has 1 aromatic rings. The van der Waals surface area contributed by atoms with Gasteiger partial charge in [-0.25, -0.2) is 9.86 Å². The van der Waals surface area contributed by atoms with Crippen LogP contribution in [0, 0.1) is 0 Å². The van der Waals surface area contributed by atoms with Crippen LogP contribution in [-0.2, 0) is 21.1 Å². The topological polar surface area (TPSA) is 38.8 Å². The SMILES string of the molecule is CC(C)(C)ON1CCC(Oc2ccc(CBr)c(C(F)(F)F)c2)CC1=C=O. The van der Waals surface area contributed by atoms with Crippen LogP contribution in [0.3, 0.4) is 0 Å². The number of rotatable bonds is 4. The third-order valence-corrected chi connectivity index (χ3v) is 4.32. The quantitative estimate of drug-likeness (QED) is 0.498. The van der Waals surface area contributed by atoms with Crippen molar-refractivity contribution in [3.8, 4) is 5.75 Å². The maximum atomic E-state index is 13.2. The van der Waals surface area contributed by atoms with Crippen molar-refractivity contribution >= 4 is 21.9 Å². The third-order valence-electron chi connectivity index (χ3n) is 3.71. The number of hydrogen-bond acceptors (Lipinski definition) is 4. The summed E-state index contributed by atoms with van der Waals surface area (Å²) in [6.45, 7) is 5.99. The zero-order valence-corrected chi connectivity index (χ0v) is 16.4. The average Bonchev–Trinajstić information content (AvgIpc) is 2.54. The summed E-state index contributed by atoms with van der Waals surface area (Å²) in [4.78, 5) is 16.9. The summed E-state index contributed by atoms with van der Waals surface area (Å²) >= 11 is 3.06. The molecule has 144 valence electrons. The first-order chi connectivity index (χ1) is 12.0. The van der Waals surface area contributed by atoms with Crippen LogP contribution in [0.1, 0.15) is 44.7 Å². The molecule has 0 bridgehead atoms. The van der Waals surface area contributed by atoms with Crippen molar-refractivity contribution in [3.05, 3.63) is 35.0 Å². The fraction of sp³-hybridized carbons (Fsp3) is 0.556. The van der Waals surface area contributed by atoms with E-state index in [1.54, 1.807) is 0 Å². The number of piperidine rings is 1. The van der Waals surface area contributed by atoms with Crippen LogP contribution in [0.2, 0.25) is 0 Å². The molecule has 0 aliphatic carbocycles. The minimum Gasteiger partial charge on any atom is -0.490 e. The van der Waals surface area contributed by atoms with Crippen LogP contribution >= 0.6 is 15.9 Å². The summed E-state index contributed by atoms with van der Waals surface area (Å²) in [5.74, 6) is 1.97. The highest BCUT2D eigenvalue weighted by Gasteiger charge is 2.34. The number of carbonyl (C=O) groups excluding carboxylic acids is 1. The number of ether oxygens (including phenoxy) is 1. The van der Waals surface area contributed by atoms with Crippen LogP contribution in [0.5, 0.6) is 5.75 Å². The van der Waals surface area contributed by atoms with Gasteiger partial charge in [-0.15, -0.1) is 0 Å². The molecule has 1 atom stereocenters. The van der Waals surface area contributed by atoms with Crippen LogP contribution in [-0.4, -0.2) is 29.3 Å². The number of nitrogens with zero attached hydrogens (tertiary/aromatic N) is 1. The molecule has 1 aliphatic rings.